The third kappa shape index (κ3) is 4.19. The van der Waals surface area contributed by atoms with E-state index in [0.29, 0.717) is 18.9 Å². The maximum Gasteiger partial charge on any atom is 0.239 e. The van der Waals surface area contributed by atoms with Crippen LogP contribution in [0.4, 0.5) is 0 Å². The van der Waals surface area contributed by atoms with Crippen LogP contribution in [0, 0.1) is 12.8 Å². The Balaban J connectivity index is 2.52. The highest BCUT2D eigenvalue weighted by Crippen LogP contribution is 2.08. The second-order valence-electron chi connectivity index (χ2n) is 4.86. The minimum Gasteiger partial charge on any atom is -0.361 e. The van der Waals surface area contributed by atoms with Gasteiger partial charge < -0.3 is 15.2 Å². The summed E-state index contributed by atoms with van der Waals surface area (Å²) in [5.74, 6) is 1.10. The normalized spacial score (nSPS) is 12.8. The standard InChI is InChI=1S/C12H21N3O2/c1-8(2)5-11(13)12(16)15(4)7-10-6-9(3)17-14-10/h6,8,11H,5,7,13H2,1-4H3/t11-/m1/s1. The van der Waals surface area contributed by atoms with Crippen molar-refractivity contribution in [3.63, 3.8) is 0 Å². The molecule has 0 saturated heterocycles. The average Bonchev–Trinajstić information content (AvgIpc) is 2.61. The Morgan fingerprint density at radius 3 is 2.71 bits per heavy atom. The van der Waals surface area contributed by atoms with E-state index in [1.807, 2.05) is 26.8 Å². The largest absolute Gasteiger partial charge is 0.361 e. The van der Waals surface area contributed by atoms with E-state index < -0.39 is 6.04 Å². The second kappa shape index (κ2) is 5.82. The lowest BCUT2D eigenvalue weighted by Gasteiger charge is -2.21. The van der Waals surface area contributed by atoms with E-state index in [0.717, 1.165) is 11.5 Å². The first-order chi connectivity index (χ1) is 7.90. The van der Waals surface area contributed by atoms with Crippen LogP contribution in [0.1, 0.15) is 31.7 Å². The zero-order valence-electron chi connectivity index (χ0n) is 10.9. The summed E-state index contributed by atoms with van der Waals surface area (Å²) in [6, 6.07) is 1.38. The minimum atomic E-state index is -0.437. The average molecular weight is 239 g/mol. The van der Waals surface area contributed by atoms with Gasteiger partial charge in [0.25, 0.3) is 0 Å². The number of carbonyl (C=O) groups excluding carboxylic acids is 1. The summed E-state index contributed by atoms with van der Waals surface area (Å²) in [5, 5.41) is 3.85. The first-order valence-corrected chi connectivity index (χ1v) is 5.83. The van der Waals surface area contributed by atoms with Crippen molar-refractivity contribution in [3.05, 3.63) is 17.5 Å². The SMILES string of the molecule is Cc1cc(CN(C)C(=O)[C@H](N)CC(C)C)no1. The van der Waals surface area contributed by atoms with Gasteiger partial charge in [-0.15, -0.1) is 0 Å². The molecule has 1 rings (SSSR count). The number of aryl methyl sites for hydroxylation is 1. The summed E-state index contributed by atoms with van der Waals surface area (Å²) < 4.78 is 4.95. The highest BCUT2D eigenvalue weighted by molar-refractivity contribution is 5.81. The summed E-state index contributed by atoms with van der Waals surface area (Å²) in [6.07, 6.45) is 0.695. The van der Waals surface area contributed by atoms with Crippen LogP contribution in [0.3, 0.4) is 0 Å². The van der Waals surface area contributed by atoms with E-state index in [1.54, 1.807) is 11.9 Å². The van der Waals surface area contributed by atoms with Gasteiger partial charge in [-0.05, 0) is 19.3 Å². The van der Waals surface area contributed by atoms with Crippen LogP contribution in [0.25, 0.3) is 0 Å². The van der Waals surface area contributed by atoms with E-state index in [1.165, 1.54) is 0 Å². The van der Waals surface area contributed by atoms with Crippen LogP contribution in [-0.2, 0) is 11.3 Å². The summed E-state index contributed by atoms with van der Waals surface area (Å²) in [6.45, 7) is 6.35. The Morgan fingerprint density at radius 1 is 1.59 bits per heavy atom. The Morgan fingerprint density at radius 2 is 2.24 bits per heavy atom. The molecular weight excluding hydrogens is 218 g/mol. The van der Waals surface area contributed by atoms with Gasteiger partial charge in [-0.25, -0.2) is 0 Å². The lowest BCUT2D eigenvalue weighted by atomic mass is 10.0. The first-order valence-electron chi connectivity index (χ1n) is 5.83. The van der Waals surface area contributed by atoms with Crippen molar-refractivity contribution in [3.8, 4) is 0 Å². The van der Waals surface area contributed by atoms with Gasteiger partial charge in [0.05, 0.1) is 12.6 Å². The van der Waals surface area contributed by atoms with Crippen LogP contribution in [-0.4, -0.2) is 29.1 Å². The van der Waals surface area contributed by atoms with Crippen LogP contribution in [0.2, 0.25) is 0 Å². The van der Waals surface area contributed by atoms with Gasteiger partial charge in [0.1, 0.15) is 11.5 Å². The van der Waals surface area contributed by atoms with E-state index >= 15 is 0 Å². The van der Waals surface area contributed by atoms with E-state index in [9.17, 15) is 4.79 Å². The van der Waals surface area contributed by atoms with Crippen molar-refractivity contribution in [2.45, 2.75) is 39.8 Å². The molecule has 0 radical (unpaired) electrons. The molecule has 96 valence electrons. The molecule has 0 saturated carbocycles. The Labute approximate surface area is 102 Å². The van der Waals surface area contributed by atoms with Crippen molar-refractivity contribution in [1.82, 2.24) is 10.1 Å². The molecule has 0 spiro atoms. The zero-order valence-corrected chi connectivity index (χ0v) is 10.9. The molecule has 0 bridgehead atoms. The van der Waals surface area contributed by atoms with Gasteiger partial charge in [0, 0.05) is 13.1 Å². The summed E-state index contributed by atoms with van der Waals surface area (Å²) in [7, 11) is 1.73. The predicted octanol–water partition coefficient (Wildman–Crippen LogP) is 1.31. The number of hydrogen-bond donors (Lipinski definition) is 1. The van der Waals surface area contributed by atoms with Crippen molar-refractivity contribution in [2.24, 2.45) is 11.7 Å². The fraction of sp³-hybridized carbons (Fsp3) is 0.667. The fourth-order valence-corrected chi connectivity index (χ4v) is 1.71. The molecular formula is C12H21N3O2. The molecule has 2 N–H and O–H groups in total. The van der Waals surface area contributed by atoms with Crippen molar-refractivity contribution >= 4 is 5.91 Å². The maximum absolute atomic E-state index is 11.9. The lowest BCUT2D eigenvalue weighted by molar-refractivity contribution is -0.132. The molecule has 1 atom stereocenters. The number of amides is 1. The summed E-state index contributed by atoms with van der Waals surface area (Å²) >= 11 is 0. The number of nitrogens with two attached hydrogens (primary N) is 1. The molecule has 0 fully saturated rings. The van der Waals surface area contributed by atoms with Gasteiger partial charge in [0.2, 0.25) is 5.91 Å². The fourth-order valence-electron chi connectivity index (χ4n) is 1.71. The lowest BCUT2D eigenvalue weighted by Crippen LogP contribution is -2.42. The highest BCUT2D eigenvalue weighted by Gasteiger charge is 2.19. The smallest absolute Gasteiger partial charge is 0.239 e. The zero-order chi connectivity index (χ0) is 13.0. The molecule has 5 heteroatoms. The maximum atomic E-state index is 11.9. The molecule has 1 heterocycles. The van der Waals surface area contributed by atoms with Crippen LogP contribution in [0.5, 0.6) is 0 Å². The Bertz CT molecular complexity index is 374. The Kier molecular flexibility index (Phi) is 4.69. The third-order valence-electron chi connectivity index (χ3n) is 2.49. The van der Waals surface area contributed by atoms with Gasteiger partial charge in [-0.2, -0.15) is 0 Å². The van der Waals surface area contributed by atoms with Gasteiger partial charge >= 0.3 is 0 Å². The summed E-state index contributed by atoms with van der Waals surface area (Å²) in [5.41, 5.74) is 6.59. The minimum absolute atomic E-state index is 0.0562. The number of rotatable bonds is 5. The molecule has 0 aliphatic rings. The van der Waals surface area contributed by atoms with Crippen molar-refractivity contribution < 1.29 is 9.32 Å². The van der Waals surface area contributed by atoms with Crippen molar-refractivity contribution in [2.75, 3.05) is 7.05 Å². The first kappa shape index (κ1) is 13.7. The van der Waals surface area contributed by atoms with Crippen LogP contribution >= 0.6 is 0 Å². The molecule has 1 aromatic rings. The quantitative estimate of drug-likeness (QED) is 0.841. The topological polar surface area (TPSA) is 72.4 Å². The molecule has 1 aromatic heterocycles. The second-order valence-corrected chi connectivity index (χ2v) is 4.86. The molecule has 5 nitrogen and oxygen atoms in total. The molecule has 17 heavy (non-hydrogen) atoms. The Hall–Kier alpha value is -1.36. The van der Waals surface area contributed by atoms with Gasteiger partial charge in [-0.1, -0.05) is 19.0 Å². The van der Waals surface area contributed by atoms with Crippen LogP contribution < -0.4 is 5.73 Å². The molecule has 0 aliphatic carbocycles. The van der Waals surface area contributed by atoms with E-state index in [4.69, 9.17) is 10.3 Å². The number of likely N-dealkylation sites (N-methyl/N-ethyl adjacent to an activating group) is 1. The number of hydrogen-bond acceptors (Lipinski definition) is 4. The van der Waals surface area contributed by atoms with Gasteiger partial charge in [-0.3, -0.25) is 4.79 Å². The monoisotopic (exact) mass is 239 g/mol. The molecule has 0 aliphatic heterocycles. The predicted molar refractivity (Wildman–Crippen MR) is 65.1 cm³/mol. The highest BCUT2D eigenvalue weighted by atomic mass is 16.5. The number of aromatic nitrogens is 1. The molecule has 0 aromatic carbocycles. The molecule has 0 unspecified atom stereocenters. The number of carbonyl (C=O) groups is 1. The van der Waals surface area contributed by atoms with E-state index in [2.05, 4.69) is 5.16 Å². The van der Waals surface area contributed by atoms with Crippen LogP contribution in [0.15, 0.2) is 10.6 Å². The summed E-state index contributed by atoms with van der Waals surface area (Å²) in [4.78, 5) is 13.5. The number of nitrogens with zero attached hydrogens (tertiary/aromatic N) is 2. The molecule has 1 amide bonds. The van der Waals surface area contributed by atoms with E-state index in [-0.39, 0.29) is 5.91 Å². The van der Waals surface area contributed by atoms with Gasteiger partial charge in [0.15, 0.2) is 0 Å². The van der Waals surface area contributed by atoms with Crippen molar-refractivity contribution in [1.29, 1.82) is 0 Å². The third-order valence-corrected chi connectivity index (χ3v) is 2.49.